The zero-order valence-electron chi connectivity index (χ0n) is 19.5. The van der Waals surface area contributed by atoms with Gasteiger partial charge in [0.25, 0.3) is 17.7 Å². The van der Waals surface area contributed by atoms with Crippen LogP contribution in [0.5, 0.6) is 5.75 Å². The number of methoxy groups -OCH3 is 1. The van der Waals surface area contributed by atoms with Crippen molar-refractivity contribution in [2.75, 3.05) is 30.4 Å². The van der Waals surface area contributed by atoms with E-state index in [1.54, 1.807) is 54.7 Å². The minimum absolute atomic E-state index is 0.0581. The third-order valence-corrected chi connectivity index (χ3v) is 6.42. The van der Waals surface area contributed by atoms with Crippen molar-refractivity contribution in [3.8, 4) is 5.75 Å². The second-order valence-electron chi connectivity index (χ2n) is 8.65. The number of anilines is 2. The van der Waals surface area contributed by atoms with E-state index in [0.29, 0.717) is 33.7 Å². The molecule has 1 fully saturated rings. The molecule has 35 heavy (non-hydrogen) atoms. The van der Waals surface area contributed by atoms with Crippen LogP contribution >= 0.6 is 0 Å². The van der Waals surface area contributed by atoms with Gasteiger partial charge in [0.2, 0.25) is 0 Å². The van der Waals surface area contributed by atoms with Crippen molar-refractivity contribution >= 4 is 29.2 Å². The van der Waals surface area contributed by atoms with Crippen LogP contribution in [0.2, 0.25) is 0 Å². The van der Waals surface area contributed by atoms with Crippen molar-refractivity contribution in [3.63, 3.8) is 0 Å². The molecule has 0 aliphatic carbocycles. The second-order valence-corrected chi connectivity index (χ2v) is 8.65. The molecule has 1 N–H and O–H groups in total. The number of benzene rings is 2. The molecule has 0 radical (unpaired) electrons. The van der Waals surface area contributed by atoms with Gasteiger partial charge < -0.3 is 15.0 Å². The number of carbonyl (C=O) groups excluding carboxylic acids is 3. The van der Waals surface area contributed by atoms with Crippen molar-refractivity contribution in [1.82, 2.24) is 9.88 Å². The highest BCUT2D eigenvalue weighted by Gasteiger charge is 2.35. The summed E-state index contributed by atoms with van der Waals surface area (Å²) in [6, 6.07) is 15.5. The number of piperidine rings is 1. The fourth-order valence-electron chi connectivity index (χ4n) is 4.64. The summed E-state index contributed by atoms with van der Waals surface area (Å²) in [6.07, 6.45) is 5.11. The Hall–Kier alpha value is -4.20. The molecule has 3 heterocycles. The lowest BCUT2D eigenvalue weighted by Crippen LogP contribution is -2.31. The molecule has 2 aliphatic rings. The third-order valence-electron chi connectivity index (χ3n) is 6.42. The largest absolute Gasteiger partial charge is 0.496 e. The highest BCUT2D eigenvalue weighted by molar-refractivity contribution is 6.21. The van der Waals surface area contributed by atoms with Gasteiger partial charge in [-0.2, -0.15) is 0 Å². The maximum absolute atomic E-state index is 13.3. The van der Waals surface area contributed by atoms with Gasteiger partial charge in [-0.25, -0.2) is 4.98 Å². The maximum atomic E-state index is 13.3. The fraction of sp³-hybridized carbons (Fsp3) is 0.259. The van der Waals surface area contributed by atoms with Crippen LogP contribution in [0.4, 0.5) is 11.5 Å². The third kappa shape index (κ3) is 4.35. The lowest BCUT2D eigenvalue weighted by molar-refractivity contribution is 0.0642. The molecule has 5 rings (SSSR count). The minimum Gasteiger partial charge on any atom is -0.496 e. The number of imide groups is 1. The molecule has 3 amide bonds. The lowest BCUT2D eigenvalue weighted by atomic mass is 10.1. The average molecular weight is 471 g/mol. The van der Waals surface area contributed by atoms with Crippen LogP contribution in [0.3, 0.4) is 0 Å². The summed E-state index contributed by atoms with van der Waals surface area (Å²) in [4.78, 5) is 46.8. The van der Waals surface area contributed by atoms with Crippen molar-refractivity contribution in [1.29, 1.82) is 0 Å². The number of nitrogens with one attached hydrogen (secondary N) is 1. The van der Waals surface area contributed by atoms with Gasteiger partial charge in [0.1, 0.15) is 5.75 Å². The summed E-state index contributed by atoms with van der Waals surface area (Å²) >= 11 is 0. The van der Waals surface area contributed by atoms with E-state index in [1.807, 2.05) is 6.07 Å². The SMILES string of the molecule is COc1ccc(CN2C(=O)c3ccccc3C2=O)cc1C(=O)Nc1cccnc1N1CCCCC1. The number of hydrogen-bond donors (Lipinski definition) is 1. The summed E-state index contributed by atoms with van der Waals surface area (Å²) in [5, 5.41) is 2.98. The molecule has 8 heteroatoms. The molecule has 0 atom stereocenters. The summed E-state index contributed by atoms with van der Waals surface area (Å²) in [5.74, 6) is 0.124. The van der Waals surface area contributed by atoms with Crippen molar-refractivity contribution in [2.45, 2.75) is 25.8 Å². The zero-order valence-corrected chi connectivity index (χ0v) is 19.5. The first-order valence-electron chi connectivity index (χ1n) is 11.7. The van der Waals surface area contributed by atoms with Gasteiger partial charge in [0.05, 0.1) is 36.0 Å². The van der Waals surface area contributed by atoms with Gasteiger partial charge in [-0.05, 0) is 61.2 Å². The number of fused-ring (bicyclic) bond motifs is 1. The Labute approximate surface area is 203 Å². The number of nitrogens with zero attached hydrogens (tertiary/aromatic N) is 3. The van der Waals surface area contributed by atoms with Crippen LogP contribution in [-0.2, 0) is 6.54 Å². The Morgan fingerprint density at radius 1 is 0.971 bits per heavy atom. The smallest absolute Gasteiger partial charge is 0.261 e. The van der Waals surface area contributed by atoms with Crippen molar-refractivity contribution in [2.24, 2.45) is 0 Å². The standard InChI is InChI=1S/C27H26N4O4/c1-35-23-12-11-18(17-31-26(33)19-8-3-4-9-20(19)27(31)34)16-21(23)25(32)29-22-10-7-13-28-24(22)30-14-5-2-6-15-30/h3-4,7-13,16H,2,5-6,14-15,17H2,1H3,(H,29,32). The van der Waals surface area contributed by atoms with Crippen molar-refractivity contribution in [3.05, 3.63) is 83.0 Å². The van der Waals surface area contributed by atoms with E-state index in [4.69, 9.17) is 4.74 Å². The van der Waals surface area contributed by atoms with Gasteiger partial charge >= 0.3 is 0 Å². The Morgan fingerprint density at radius 3 is 2.37 bits per heavy atom. The number of carbonyl (C=O) groups is 3. The van der Waals surface area contributed by atoms with Crippen LogP contribution in [0, 0.1) is 0 Å². The van der Waals surface area contributed by atoms with Crippen LogP contribution in [0.15, 0.2) is 60.8 Å². The first-order valence-corrected chi connectivity index (χ1v) is 11.7. The number of hydrogen-bond acceptors (Lipinski definition) is 6. The number of amides is 3. The molecule has 8 nitrogen and oxygen atoms in total. The summed E-state index contributed by atoms with van der Waals surface area (Å²) in [5.41, 5.74) is 2.38. The minimum atomic E-state index is -0.350. The molecule has 1 saturated heterocycles. The predicted octanol–water partition coefficient (Wildman–Crippen LogP) is 4.13. The Morgan fingerprint density at radius 2 is 1.69 bits per heavy atom. The molecule has 0 saturated carbocycles. The Kier molecular flexibility index (Phi) is 6.18. The molecule has 2 aliphatic heterocycles. The van der Waals surface area contributed by atoms with Crippen molar-refractivity contribution < 1.29 is 19.1 Å². The molecular formula is C27H26N4O4. The molecule has 3 aromatic rings. The second kappa shape index (κ2) is 9.58. The molecular weight excluding hydrogens is 444 g/mol. The lowest BCUT2D eigenvalue weighted by Gasteiger charge is -2.29. The quantitative estimate of drug-likeness (QED) is 0.545. The van der Waals surface area contributed by atoms with Gasteiger partial charge in [-0.3, -0.25) is 19.3 Å². The maximum Gasteiger partial charge on any atom is 0.261 e. The van der Waals surface area contributed by atoms with Gasteiger partial charge in [0, 0.05) is 19.3 Å². The Bertz CT molecular complexity index is 1260. The van der Waals surface area contributed by atoms with Gasteiger partial charge in [-0.1, -0.05) is 18.2 Å². The fourth-order valence-corrected chi connectivity index (χ4v) is 4.64. The summed E-state index contributed by atoms with van der Waals surface area (Å²) in [6.45, 7) is 1.86. The van der Waals surface area contributed by atoms with Crippen LogP contribution in [0.25, 0.3) is 0 Å². The highest BCUT2D eigenvalue weighted by atomic mass is 16.5. The number of ether oxygens (including phenoxy) is 1. The number of pyridine rings is 1. The first kappa shape index (κ1) is 22.6. The van der Waals surface area contributed by atoms with E-state index in [9.17, 15) is 14.4 Å². The van der Waals surface area contributed by atoms with E-state index < -0.39 is 0 Å². The van der Waals surface area contributed by atoms with Crippen LogP contribution in [0.1, 0.15) is 55.9 Å². The summed E-state index contributed by atoms with van der Waals surface area (Å²) in [7, 11) is 1.50. The predicted molar refractivity (Wildman–Crippen MR) is 132 cm³/mol. The topological polar surface area (TPSA) is 91.8 Å². The summed E-state index contributed by atoms with van der Waals surface area (Å²) < 4.78 is 5.43. The normalized spacial score (nSPS) is 15.2. The number of aromatic nitrogens is 1. The molecule has 178 valence electrons. The first-order chi connectivity index (χ1) is 17.1. The Balaban J connectivity index is 1.39. The van der Waals surface area contributed by atoms with E-state index in [0.717, 1.165) is 31.7 Å². The highest BCUT2D eigenvalue weighted by Crippen LogP contribution is 2.29. The molecule has 0 unspecified atom stereocenters. The monoisotopic (exact) mass is 470 g/mol. The van der Waals surface area contributed by atoms with E-state index in [1.165, 1.54) is 18.4 Å². The zero-order chi connectivity index (χ0) is 24.4. The average Bonchev–Trinajstić information content (AvgIpc) is 3.14. The molecule has 0 bridgehead atoms. The van der Waals surface area contributed by atoms with Crippen LogP contribution < -0.4 is 15.0 Å². The van der Waals surface area contributed by atoms with E-state index in [2.05, 4.69) is 15.2 Å². The van der Waals surface area contributed by atoms with E-state index >= 15 is 0 Å². The van der Waals surface area contributed by atoms with Gasteiger partial charge in [-0.15, -0.1) is 0 Å². The number of rotatable bonds is 6. The van der Waals surface area contributed by atoms with E-state index in [-0.39, 0.29) is 24.3 Å². The molecule has 0 spiro atoms. The molecule has 1 aromatic heterocycles. The van der Waals surface area contributed by atoms with Gasteiger partial charge in [0.15, 0.2) is 5.82 Å². The van der Waals surface area contributed by atoms with Crippen LogP contribution in [-0.4, -0.2) is 47.8 Å². The molecule has 2 aromatic carbocycles.